The first-order chi connectivity index (χ1) is 22.1. The fourth-order valence-electron chi connectivity index (χ4n) is 6.39. The number of H-pyrrole nitrogens is 1. The molecule has 6 rings (SSSR count). The van der Waals surface area contributed by atoms with Crippen molar-refractivity contribution in [1.82, 2.24) is 25.0 Å². The Bertz CT molecular complexity index is 1790. The number of piperazine rings is 1. The Balaban J connectivity index is 1.47. The molecular formula is C34H34Cl2FN5O3S. The third kappa shape index (κ3) is 6.18. The molecule has 3 aromatic carbocycles. The average molecular weight is 683 g/mol. The zero-order chi connectivity index (χ0) is 32.6. The molecule has 0 spiro atoms. The molecule has 2 unspecified atom stereocenters. The van der Waals surface area contributed by atoms with Gasteiger partial charge in [0.1, 0.15) is 10.6 Å². The lowest BCUT2D eigenvalue weighted by Crippen LogP contribution is -2.58. The normalized spacial score (nSPS) is 20.1. The lowest BCUT2D eigenvalue weighted by molar-refractivity contribution is -0.136. The van der Waals surface area contributed by atoms with Crippen LogP contribution in [0.3, 0.4) is 0 Å². The van der Waals surface area contributed by atoms with E-state index in [0.717, 1.165) is 26.9 Å². The standard InChI is InChI=1S/C34H34Cl2FN5O3S/c1-3-38-33(45)41-14-12-40(13-15-41)32(44)34(46-24-8-4-21(2)5-9-24)18-30(43)42(20-22-6-11-27(36)28(37)16-22)31(34)26-19-39-29-17-23(35)7-10-25(26)29/h4-11,16-17,19,31,39H,3,12-15,18,20H2,1-2H3,(H,38,45). The van der Waals surface area contributed by atoms with Gasteiger partial charge >= 0.3 is 6.03 Å². The molecule has 3 heterocycles. The van der Waals surface area contributed by atoms with Crippen molar-refractivity contribution in [2.24, 2.45) is 0 Å². The maximum Gasteiger partial charge on any atom is 0.317 e. The Morgan fingerprint density at radius 1 is 1.02 bits per heavy atom. The molecule has 8 nitrogen and oxygen atoms in total. The first-order valence-corrected chi connectivity index (χ1v) is 16.7. The quantitative estimate of drug-likeness (QED) is 0.225. The number of aromatic amines is 1. The maximum atomic E-state index is 15.0. The molecule has 2 atom stereocenters. The molecule has 4 amide bonds. The number of nitrogens with zero attached hydrogens (tertiary/aromatic N) is 3. The van der Waals surface area contributed by atoms with Crippen LogP contribution in [0, 0.1) is 12.7 Å². The van der Waals surface area contributed by atoms with Crippen LogP contribution < -0.4 is 5.32 Å². The predicted molar refractivity (Wildman–Crippen MR) is 180 cm³/mol. The molecule has 240 valence electrons. The molecule has 2 N–H and O–H groups in total. The van der Waals surface area contributed by atoms with Gasteiger partial charge in [0.15, 0.2) is 0 Å². The van der Waals surface area contributed by atoms with E-state index in [9.17, 15) is 14.0 Å². The predicted octanol–water partition coefficient (Wildman–Crippen LogP) is 6.80. The summed E-state index contributed by atoms with van der Waals surface area (Å²) in [4.78, 5) is 51.1. The summed E-state index contributed by atoms with van der Waals surface area (Å²) in [6.07, 6.45) is 1.77. The van der Waals surface area contributed by atoms with Gasteiger partial charge in [0.25, 0.3) is 0 Å². The van der Waals surface area contributed by atoms with Crippen LogP contribution in [0.25, 0.3) is 10.9 Å². The molecule has 2 saturated heterocycles. The Kier molecular flexibility index (Phi) is 9.23. The van der Waals surface area contributed by atoms with Crippen molar-refractivity contribution < 1.29 is 18.8 Å². The van der Waals surface area contributed by atoms with E-state index in [2.05, 4.69) is 10.3 Å². The number of hydrogen-bond acceptors (Lipinski definition) is 4. The van der Waals surface area contributed by atoms with Crippen molar-refractivity contribution in [2.45, 2.75) is 42.5 Å². The van der Waals surface area contributed by atoms with Crippen LogP contribution in [0.2, 0.25) is 10.0 Å². The number of rotatable bonds is 7. The van der Waals surface area contributed by atoms with Gasteiger partial charge in [-0.25, -0.2) is 9.18 Å². The number of thioether (sulfide) groups is 1. The van der Waals surface area contributed by atoms with E-state index >= 15 is 4.79 Å². The summed E-state index contributed by atoms with van der Waals surface area (Å²) in [6, 6.07) is 17.0. The van der Waals surface area contributed by atoms with Crippen molar-refractivity contribution in [1.29, 1.82) is 0 Å². The number of aryl methyl sites for hydroxylation is 1. The minimum atomic E-state index is -1.28. The minimum Gasteiger partial charge on any atom is -0.361 e. The summed E-state index contributed by atoms with van der Waals surface area (Å²) in [5, 5.41) is 4.21. The first kappa shape index (κ1) is 32.2. The molecular weight excluding hydrogens is 648 g/mol. The highest BCUT2D eigenvalue weighted by Gasteiger charge is 2.60. The summed E-state index contributed by atoms with van der Waals surface area (Å²) in [5.74, 6) is -0.983. The molecule has 0 bridgehead atoms. The number of carbonyl (C=O) groups excluding carboxylic acids is 3. The lowest BCUT2D eigenvalue weighted by atomic mass is 9.90. The zero-order valence-electron chi connectivity index (χ0n) is 25.5. The number of halogens is 3. The Labute approximate surface area is 281 Å². The summed E-state index contributed by atoms with van der Waals surface area (Å²) < 4.78 is 13.3. The first-order valence-electron chi connectivity index (χ1n) is 15.2. The molecule has 12 heteroatoms. The van der Waals surface area contributed by atoms with E-state index in [1.165, 1.54) is 23.9 Å². The summed E-state index contributed by atoms with van der Waals surface area (Å²) in [5.41, 5.74) is 3.17. The molecule has 2 aliphatic rings. The highest BCUT2D eigenvalue weighted by Crippen LogP contribution is 2.55. The number of urea groups is 1. The van der Waals surface area contributed by atoms with Crippen LogP contribution in [0.1, 0.15) is 36.1 Å². The Morgan fingerprint density at radius 3 is 2.43 bits per heavy atom. The Morgan fingerprint density at radius 2 is 1.74 bits per heavy atom. The number of aromatic nitrogens is 1. The number of likely N-dealkylation sites (tertiary alicyclic amines) is 1. The number of amides is 4. The topological polar surface area (TPSA) is 88.8 Å². The monoisotopic (exact) mass is 681 g/mol. The van der Waals surface area contributed by atoms with Gasteiger partial charge in [0.2, 0.25) is 11.8 Å². The number of benzene rings is 3. The summed E-state index contributed by atoms with van der Waals surface area (Å²) in [7, 11) is 0. The third-order valence-corrected chi connectivity index (χ3v) is 10.6. The van der Waals surface area contributed by atoms with Gasteiger partial charge in [-0.3, -0.25) is 9.59 Å². The highest BCUT2D eigenvalue weighted by molar-refractivity contribution is 8.01. The fourth-order valence-corrected chi connectivity index (χ4v) is 8.15. The third-order valence-electron chi connectivity index (χ3n) is 8.66. The zero-order valence-corrected chi connectivity index (χ0v) is 27.8. The van der Waals surface area contributed by atoms with Gasteiger partial charge in [-0.2, -0.15) is 0 Å². The smallest absolute Gasteiger partial charge is 0.317 e. The van der Waals surface area contributed by atoms with Crippen LogP contribution in [0.5, 0.6) is 0 Å². The molecule has 0 aliphatic carbocycles. The van der Waals surface area contributed by atoms with E-state index in [-0.39, 0.29) is 35.8 Å². The minimum absolute atomic E-state index is 0.00670. The largest absolute Gasteiger partial charge is 0.361 e. The molecule has 1 aromatic heterocycles. The van der Waals surface area contributed by atoms with Crippen molar-refractivity contribution in [3.05, 3.63) is 99.4 Å². The second-order valence-electron chi connectivity index (χ2n) is 11.7. The number of carbonyl (C=O) groups is 3. The van der Waals surface area contributed by atoms with Gasteiger partial charge in [0, 0.05) is 71.8 Å². The van der Waals surface area contributed by atoms with Crippen molar-refractivity contribution in [3.63, 3.8) is 0 Å². The van der Waals surface area contributed by atoms with Gasteiger partial charge in [0.05, 0.1) is 17.5 Å². The average Bonchev–Trinajstić information content (AvgIpc) is 3.57. The van der Waals surface area contributed by atoms with Crippen LogP contribution in [0.15, 0.2) is 71.8 Å². The summed E-state index contributed by atoms with van der Waals surface area (Å²) >= 11 is 13.7. The fraction of sp³-hybridized carbons (Fsp3) is 0.324. The van der Waals surface area contributed by atoms with E-state index in [1.54, 1.807) is 26.8 Å². The maximum absolute atomic E-state index is 15.0. The number of nitrogens with one attached hydrogen (secondary N) is 2. The van der Waals surface area contributed by atoms with Crippen molar-refractivity contribution >= 4 is 63.7 Å². The SMILES string of the molecule is CCNC(=O)N1CCN(C(=O)C2(Sc3ccc(C)cc3)CC(=O)N(Cc3ccc(Cl)c(F)c3)C2c2c[nH]c3cc(Cl)ccc23)CC1. The van der Waals surface area contributed by atoms with E-state index in [4.69, 9.17) is 23.2 Å². The van der Waals surface area contributed by atoms with Crippen molar-refractivity contribution in [2.75, 3.05) is 32.7 Å². The number of hydrogen-bond donors (Lipinski definition) is 2. The second kappa shape index (κ2) is 13.2. The van der Waals surface area contributed by atoms with Crippen LogP contribution in [-0.4, -0.2) is 75.0 Å². The van der Waals surface area contributed by atoms with E-state index in [0.29, 0.717) is 43.3 Å². The molecule has 0 radical (unpaired) electrons. The van der Waals surface area contributed by atoms with Crippen molar-refractivity contribution in [3.8, 4) is 0 Å². The second-order valence-corrected chi connectivity index (χ2v) is 14.0. The molecule has 2 fully saturated rings. The van der Waals surface area contributed by atoms with Crippen LogP contribution >= 0.6 is 35.0 Å². The molecule has 2 aliphatic heterocycles. The van der Waals surface area contributed by atoms with E-state index < -0.39 is 16.6 Å². The van der Waals surface area contributed by atoms with Gasteiger partial charge in [-0.1, -0.05) is 53.0 Å². The molecule has 0 saturated carbocycles. The lowest BCUT2D eigenvalue weighted by Gasteiger charge is -2.42. The van der Waals surface area contributed by atoms with Crippen LogP contribution in [-0.2, 0) is 16.1 Å². The highest BCUT2D eigenvalue weighted by atomic mass is 35.5. The molecule has 46 heavy (non-hydrogen) atoms. The Hall–Kier alpha value is -3.73. The van der Waals surface area contributed by atoms with Gasteiger partial charge < -0.3 is 25.0 Å². The molecule has 4 aromatic rings. The summed E-state index contributed by atoms with van der Waals surface area (Å²) in [6.45, 7) is 5.87. The van der Waals surface area contributed by atoms with Gasteiger partial charge in [-0.15, -0.1) is 11.8 Å². The number of fused-ring (bicyclic) bond motifs is 1. The van der Waals surface area contributed by atoms with Crippen LogP contribution in [0.4, 0.5) is 9.18 Å². The van der Waals surface area contributed by atoms with E-state index in [1.807, 2.05) is 56.4 Å². The van der Waals surface area contributed by atoms with Gasteiger partial charge in [-0.05, 0) is 55.8 Å².